The smallest absolute Gasteiger partial charge is 0.408 e. The van der Waals surface area contributed by atoms with Crippen LogP contribution in [-0.2, 0) is 43.2 Å². The van der Waals surface area contributed by atoms with Gasteiger partial charge >= 0.3 is 18.0 Å². The summed E-state index contributed by atoms with van der Waals surface area (Å²) in [6, 6.07) is 27.3. The Morgan fingerprint density at radius 2 is 1.13 bits per heavy atom. The standard InChI is InChI=1S/C42H44N2O9/c1-41(2,3)52-38(47)34(43-40(49)53-42(4,5)6)24-28-16-12-18-30(22-28)51-31-19-13-17-29(23-31)25-35(39(48)50-26-27-14-8-7-9-15-27)44-36(45)32-20-10-11-21-33(32)37(44)46/h7-23,34-35H,24-26H2,1-6H3,(H,43,49)/t34-,35-/m0/s1. The lowest BCUT2D eigenvalue weighted by atomic mass is 10.0. The van der Waals surface area contributed by atoms with Crippen molar-refractivity contribution in [2.75, 3.05) is 0 Å². The van der Waals surface area contributed by atoms with Gasteiger partial charge in [0.05, 0.1) is 11.1 Å². The number of benzene rings is 4. The summed E-state index contributed by atoms with van der Waals surface area (Å²) in [5.41, 5.74) is 0.963. The highest BCUT2D eigenvalue weighted by atomic mass is 16.6. The summed E-state index contributed by atoms with van der Waals surface area (Å²) < 4.78 is 22.8. The fourth-order valence-corrected chi connectivity index (χ4v) is 5.68. The van der Waals surface area contributed by atoms with E-state index in [9.17, 15) is 24.0 Å². The van der Waals surface area contributed by atoms with E-state index in [1.165, 1.54) is 0 Å². The molecule has 53 heavy (non-hydrogen) atoms. The minimum absolute atomic E-state index is 0.0236. The molecule has 0 aliphatic carbocycles. The predicted molar refractivity (Wildman–Crippen MR) is 196 cm³/mol. The number of esters is 2. The van der Waals surface area contributed by atoms with Crippen LogP contribution in [0.15, 0.2) is 103 Å². The van der Waals surface area contributed by atoms with Crippen LogP contribution in [0.2, 0.25) is 0 Å². The quantitative estimate of drug-likeness (QED) is 0.0915. The van der Waals surface area contributed by atoms with Crippen molar-refractivity contribution >= 4 is 29.8 Å². The lowest BCUT2D eigenvalue weighted by molar-refractivity contribution is -0.157. The van der Waals surface area contributed by atoms with Gasteiger partial charge in [-0.05, 0) is 94.6 Å². The summed E-state index contributed by atoms with van der Waals surface area (Å²) in [5.74, 6) is -1.60. The van der Waals surface area contributed by atoms with E-state index < -0.39 is 53.1 Å². The van der Waals surface area contributed by atoms with Gasteiger partial charge in [-0.25, -0.2) is 14.4 Å². The van der Waals surface area contributed by atoms with Crippen LogP contribution in [0, 0.1) is 0 Å². The van der Waals surface area contributed by atoms with Gasteiger partial charge in [0.15, 0.2) is 0 Å². The average molecular weight is 721 g/mol. The molecule has 5 rings (SSSR count). The molecule has 1 N–H and O–H groups in total. The Labute approximate surface area is 309 Å². The molecule has 0 spiro atoms. The van der Waals surface area contributed by atoms with E-state index >= 15 is 0 Å². The molecule has 1 aliphatic heterocycles. The number of ether oxygens (including phenoxy) is 4. The van der Waals surface area contributed by atoms with Crippen molar-refractivity contribution in [3.8, 4) is 11.5 Å². The van der Waals surface area contributed by atoms with Crippen LogP contribution in [-0.4, -0.2) is 58.0 Å². The Hall–Kier alpha value is -5.97. The maximum absolute atomic E-state index is 13.6. The van der Waals surface area contributed by atoms with Gasteiger partial charge in [0, 0.05) is 12.8 Å². The van der Waals surface area contributed by atoms with E-state index in [1.807, 2.05) is 30.3 Å². The second-order valence-corrected chi connectivity index (χ2v) is 14.7. The predicted octanol–water partition coefficient (Wildman–Crippen LogP) is 7.21. The van der Waals surface area contributed by atoms with E-state index in [2.05, 4.69) is 5.32 Å². The summed E-state index contributed by atoms with van der Waals surface area (Å²) in [5, 5.41) is 2.64. The first-order valence-corrected chi connectivity index (χ1v) is 17.3. The number of hydrogen-bond donors (Lipinski definition) is 1. The summed E-state index contributed by atoms with van der Waals surface area (Å²) in [7, 11) is 0. The van der Waals surface area contributed by atoms with Gasteiger partial charge in [-0.1, -0.05) is 66.7 Å². The summed E-state index contributed by atoms with van der Waals surface area (Å²) in [4.78, 5) is 67.3. The summed E-state index contributed by atoms with van der Waals surface area (Å²) in [6.45, 7) is 10.4. The third kappa shape index (κ3) is 10.5. The number of carbonyl (C=O) groups is 5. The Morgan fingerprint density at radius 3 is 1.68 bits per heavy atom. The molecule has 4 aromatic carbocycles. The molecule has 0 aromatic heterocycles. The van der Waals surface area contributed by atoms with E-state index in [-0.39, 0.29) is 30.6 Å². The second-order valence-electron chi connectivity index (χ2n) is 14.7. The Kier molecular flexibility index (Phi) is 11.7. The lowest BCUT2D eigenvalue weighted by Gasteiger charge is -2.26. The first-order chi connectivity index (χ1) is 25.1. The number of imide groups is 1. The zero-order valence-electron chi connectivity index (χ0n) is 30.7. The van der Waals surface area contributed by atoms with Crippen molar-refractivity contribution in [3.63, 3.8) is 0 Å². The van der Waals surface area contributed by atoms with Crippen molar-refractivity contribution in [1.29, 1.82) is 0 Å². The van der Waals surface area contributed by atoms with E-state index in [0.717, 1.165) is 10.5 Å². The molecule has 4 aromatic rings. The van der Waals surface area contributed by atoms with Crippen LogP contribution in [0.5, 0.6) is 11.5 Å². The van der Waals surface area contributed by atoms with Gasteiger partial charge in [-0.2, -0.15) is 0 Å². The van der Waals surface area contributed by atoms with Crippen LogP contribution < -0.4 is 10.1 Å². The van der Waals surface area contributed by atoms with E-state index in [1.54, 1.807) is 114 Å². The number of nitrogens with zero attached hydrogens (tertiary/aromatic N) is 1. The molecule has 276 valence electrons. The second kappa shape index (κ2) is 16.1. The molecule has 0 radical (unpaired) electrons. The van der Waals surface area contributed by atoms with Gasteiger partial charge in [-0.15, -0.1) is 0 Å². The van der Waals surface area contributed by atoms with E-state index in [4.69, 9.17) is 18.9 Å². The lowest BCUT2D eigenvalue weighted by Crippen LogP contribution is -2.47. The summed E-state index contributed by atoms with van der Waals surface area (Å²) in [6.07, 6.45) is -0.677. The molecule has 0 saturated carbocycles. The molecule has 11 nitrogen and oxygen atoms in total. The highest BCUT2D eigenvalue weighted by Gasteiger charge is 2.43. The van der Waals surface area contributed by atoms with Crippen molar-refractivity contribution in [3.05, 3.63) is 131 Å². The number of alkyl carbamates (subject to hydrolysis) is 1. The molecule has 0 saturated heterocycles. The molecule has 0 unspecified atom stereocenters. The molecule has 0 bridgehead atoms. The first kappa shape index (κ1) is 38.3. The fourth-order valence-electron chi connectivity index (χ4n) is 5.68. The average Bonchev–Trinajstić information content (AvgIpc) is 3.34. The molecule has 3 amide bonds. The zero-order chi connectivity index (χ0) is 38.3. The Balaban J connectivity index is 1.34. The summed E-state index contributed by atoms with van der Waals surface area (Å²) >= 11 is 0. The number of nitrogens with one attached hydrogen (secondary N) is 1. The molecular formula is C42H44N2O9. The molecule has 1 aliphatic rings. The minimum atomic E-state index is -1.24. The number of fused-ring (bicyclic) bond motifs is 1. The van der Waals surface area contributed by atoms with Crippen molar-refractivity contribution in [1.82, 2.24) is 10.2 Å². The van der Waals surface area contributed by atoms with Crippen LogP contribution in [0.3, 0.4) is 0 Å². The third-order valence-corrected chi connectivity index (χ3v) is 7.92. The molecule has 2 atom stereocenters. The normalized spacial score (nSPS) is 13.8. The first-order valence-electron chi connectivity index (χ1n) is 17.3. The molecule has 0 fully saturated rings. The monoisotopic (exact) mass is 720 g/mol. The maximum atomic E-state index is 13.6. The largest absolute Gasteiger partial charge is 0.459 e. The highest BCUT2D eigenvalue weighted by Crippen LogP contribution is 2.29. The SMILES string of the molecule is CC(C)(C)OC(=O)N[C@@H](Cc1cccc(Oc2cccc(C[C@@H](C(=O)OCc3ccccc3)N3C(=O)c4ccccc4C3=O)c2)c1)C(=O)OC(C)(C)C. The van der Waals surface area contributed by atoms with Crippen LogP contribution >= 0.6 is 0 Å². The van der Waals surface area contributed by atoms with Crippen LogP contribution in [0.25, 0.3) is 0 Å². The Morgan fingerprint density at radius 1 is 0.623 bits per heavy atom. The van der Waals surface area contributed by atoms with Gasteiger partial charge in [0.2, 0.25) is 0 Å². The number of hydrogen-bond acceptors (Lipinski definition) is 9. The third-order valence-electron chi connectivity index (χ3n) is 7.92. The maximum Gasteiger partial charge on any atom is 0.408 e. The number of amides is 3. The van der Waals surface area contributed by atoms with Crippen LogP contribution in [0.4, 0.5) is 4.79 Å². The van der Waals surface area contributed by atoms with Crippen molar-refractivity contribution in [2.24, 2.45) is 0 Å². The van der Waals surface area contributed by atoms with Gasteiger partial charge in [0.25, 0.3) is 11.8 Å². The van der Waals surface area contributed by atoms with Crippen molar-refractivity contribution in [2.45, 2.75) is 84.3 Å². The topological polar surface area (TPSA) is 138 Å². The van der Waals surface area contributed by atoms with Crippen LogP contribution in [0.1, 0.15) is 78.9 Å². The molecule has 1 heterocycles. The minimum Gasteiger partial charge on any atom is -0.459 e. The zero-order valence-corrected chi connectivity index (χ0v) is 30.7. The van der Waals surface area contributed by atoms with Gasteiger partial charge in [0.1, 0.15) is 41.4 Å². The van der Waals surface area contributed by atoms with Gasteiger partial charge < -0.3 is 24.3 Å². The van der Waals surface area contributed by atoms with Crippen molar-refractivity contribution < 1.29 is 42.9 Å². The fraction of sp³-hybridized carbons (Fsp3) is 0.310. The van der Waals surface area contributed by atoms with Gasteiger partial charge in [-0.3, -0.25) is 14.5 Å². The molecular weight excluding hydrogens is 676 g/mol. The highest BCUT2D eigenvalue weighted by molar-refractivity contribution is 6.22. The Bertz CT molecular complexity index is 1940. The number of carbonyl (C=O) groups excluding carboxylic acids is 5. The van der Waals surface area contributed by atoms with E-state index in [0.29, 0.717) is 22.6 Å². The number of rotatable bonds is 12. The molecule has 11 heteroatoms.